The molecule has 2 rings (SSSR count). The Balaban J connectivity index is 2.02. The van der Waals surface area contributed by atoms with Crippen LogP contribution in [0.4, 0.5) is 8.78 Å². The van der Waals surface area contributed by atoms with E-state index < -0.39 is 5.92 Å². The molecule has 0 radical (unpaired) electrons. The Morgan fingerprint density at radius 3 is 2.40 bits per heavy atom. The highest BCUT2D eigenvalue weighted by molar-refractivity contribution is 9.10. The molecule has 82 valence electrons. The van der Waals surface area contributed by atoms with E-state index in [2.05, 4.69) is 21.2 Å². The number of alkyl halides is 2. The summed E-state index contributed by atoms with van der Waals surface area (Å²) in [5.41, 5.74) is 0.0684. The van der Waals surface area contributed by atoms with Gasteiger partial charge in [-0.25, -0.2) is 0 Å². The fourth-order valence-electron chi connectivity index (χ4n) is 1.36. The second-order valence-corrected chi connectivity index (χ2v) is 4.78. The lowest BCUT2D eigenvalue weighted by Gasteiger charge is -2.17. The predicted molar refractivity (Wildman–Crippen MR) is 59.1 cm³/mol. The summed E-state index contributed by atoms with van der Waals surface area (Å²) in [5.74, 6) is -2.77. The van der Waals surface area contributed by atoms with Crippen molar-refractivity contribution in [1.29, 1.82) is 0 Å². The highest BCUT2D eigenvalue weighted by atomic mass is 79.9. The van der Waals surface area contributed by atoms with Gasteiger partial charge in [0.05, 0.1) is 6.54 Å². The van der Waals surface area contributed by atoms with Crippen LogP contribution in [0.3, 0.4) is 0 Å². The Labute approximate surface area is 96.0 Å². The molecule has 1 nitrogen and oxygen atoms in total. The van der Waals surface area contributed by atoms with Gasteiger partial charge in [0.15, 0.2) is 0 Å². The van der Waals surface area contributed by atoms with Gasteiger partial charge in [0, 0.05) is 16.1 Å². The summed E-state index contributed by atoms with van der Waals surface area (Å²) in [4.78, 5) is 0. The molecule has 4 heteroatoms. The van der Waals surface area contributed by atoms with Crippen LogP contribution in [0.15, 0.2) is 28.7 Å². The lowest BCUT2D eigenvalue weighted by Crippen LogP contribution is -2.31. The molecule has 0 amide bonds. The van der Waals surface area contributed by atoms with Gasteiger partial charge in [0.1, 0.15) is 0 Å². The predicted octanol–water partition coefficient (Wildman–Crippen LogP) is 3.29. The van der Waals surface area contributed by atoms with E-state index in [0.29, 0.717) is 6.04 Å². The largest absolute Gasteiger partial charge is 0.308 e. The van der Waals surface area contributed by atoms with E-state index in [9.17, 15) is 8.78 Å². The van der Waals surface area contributed by atoms with Crippen molar-refractivity contribution in [2.75, 3.05) is 6.54 Å². The van der Waals surface area contributed by atoms with Crippen LogP contribution in [0.5, 0.6) is 0 Å². The molecular formula is C11H12BrF2N. The molecule has 0 aromatic heterocycles. The molecular weight excluding hydrogens is 264 g/mol. The summed E-state index contributed by atoms with van der Waals surface area (Å²) >= 11 is 3.22. The summed E-state index contributed by atoms with van der Waals surface area (Å²) < 4.78 is 28.0. The van der Waals surface area contributed by atoms with Crippen molar-refractivity contribution in [3.8, 4) is 0 Å². The van der Waals surface area contributed by atoms with Crippen LogP contribution >= 0.6 is 15.9 Å². The number of nitrogens with one attached hydrogen (secondary N) is 1. The minimum atomic E-state index is -2.77. The first-order valence-corrected chi connectivity index (χ1v) is 5.74. The molecule has 1 aromatic rings. The Hall–Kier alpha value is -0.480. The third-order valence-electron chi connectivity index (χ3n) is 2.46. The van der Waals surface area contributed by atoms with E-state index >= 15 is 0 Å². The second kappa shape index (κ2) is 4.18. The van der Waals surface area contributed by atoms with Crippen LogP contribution in [0.25, 0.3) is 0 Å². The molecule has 1 N–H and O–H groups in total. The molecule has 1 saturated carbocycles. The quantitative estimate of drug-likeness (QED) is 0.889. The van der Waals surface area contributed by atoms with Crippen molar-refractivity contribution in [1.82, 2.24) is 5.32 Å². The lowest BCUT2D eigenvalue weighted by molar-refractivity contribution is -0.00350. The Bertz CT molecular complexity index is 333. The van der Waals surface area contributed by atoms with E-state index in [1.54, 1.807) is 12.1 Å². The van der Waals surface area contributed by atoms with Crippen molar-refractivity contribution < 1.29 is 8.78 Å². The summed E-state index contributed by atoms with van der Waals surface area (Å²) in [7, 11) is 0. The monoisotopic (exact) mass is 275 g/mol. The van der Waals surface area contributed by atoms with E-state index in [1.807, 2.05) is 0 Å². The van der Waals surface area contributed by atoms with E-state index in [-0.39, 0.29) is 12.1 Å². The van der Waals surface area contributed by atoms with Gasteiger partial charge in [0.25, 0.3) is 5.92 Å². The zero-order valence-corrected chi connectivity index (χ0v) is 9.73. The lowest BCUT2D eigenvalue weighted by atomic mass is 10.1. The minimum absolute atomic E-state index is 0.0684. The maximum absolute atomic E-state index is 13.6. The number of halogens is 3. The SMILES string of the molecule is FC(F)(CNC1CC1)c1ccc(Br)cc1. The average molecular weight is 276 g/mol. The third-order valence-corrected chi connectivity index (χ3v) is 2.99. The zero-order valence-electron chi connectivity index (χ0n) is 8.14. The van der Waals surface area contributed by atoms with Gasteiger partial charge in [0.2, 0.25) is 0 Å². The first-order valence-electron chi connectivity index (χ1n) is 4.95. The van der Waals surface area contributed by atoms with Crippen LogP contribution in [0.2, 0.25) is 0 Å². The van der Waals surface area contributed by atoms with Crippen molar-refractivity contribution in [3.05, 3.63) is 34.3 Å². The van der Waals surface area contributed by atoms with E-state index in [4.69, 9.17) is 0 Å². The molecule has 0 aliphatic heterocycles. The maximum atomic E-state index is 13.6. The summed E-state index contributed by atoms with van der Waals surface area (Å²) in [5, 5.41) is 2.85. The van der Waals surface area contributed by atoms with E-state index in [0.717, 1.165) is 17.3 Å². The number of hydrogen-bond acceptors (Lipinski definition) is 1. The number of hydrogen-bond donors (Lipinski definition) is 1. The molecule has 1 aliphatic rings. The standard InChI is InChI=1S/C11H12BrF2N/c12-9-3-1-8(2-4-9)11(13,14)7-15-10-5-6-10/h1-4,10,15H,5-7H2. The first kappa shape index (κ1) is 11.0. The van der Waals surface area contributed by atoms with Gasteiger partial charge in [-0.2, -0.15) is 8.78 Å². The molecule has 0 bridgehead atoms. The molecule has 0 saturated heterocycles. The number of rotatable bonds is 4. The number of benzene rings is 1. The normalized spacial score (nSPS) is 16.7. The molecule has 0 spiro atoms. The van der Waals surface area contributed by atoms with Crippen molar-refractivity contribution in [3.63, 3.8) is 0 Å². The molecule has 0 atom stereocenters. The van der Waals surface area contributed by atoms with Gasteiger partial charge in [-0.05, 0) is 25.0 Å². The maximum Gasteiger partial charge on any atom is 0.285 e. The topological polar surface area (TPSA) is 12.0 Å². The Morgan fingerprint density at radius 2 is 1.87 bits per heavy atom. The molecule has 0 unspecified atom stereocenters. The van der Waals surface area contributed by atoms with Crippen molar-refractivity contribution >= 4 is 15.9 Å². The van der Waals surface area contributed by atoms with Gasteiger partial charge >= 0.3 is 0 Å². The smallest absolute Gasteiger partial charge is 0.285 e. The summed E-state index contributed by atoms with van der Waals surface area (Å²) in [6.45, 7) is -0.265. The Kier molecular flexibility index (Phi) is 3.07. The third kappa shape index (κ3) is 2.98. The Morgan fingerprint density at radius 1 is 1.27 bits per heavy atom. The van der Waals surface area contributed by atoms with Gasteiger partial charge < -0.3 is 5.32 Å². The van der Waals surface area contributed by atoms with Gasteiger partial charge in [-0.1, -0.05) is 28.1 Å². The zero-order chi connectivity index (χ0) is 10.9. The fourth-order valence-corrected chi connectivity index (χ4v) is 1.62. The fraction of sp³-hybridized carbons (Fsp3) is 0.455. The molecule has 1 fully saturated rings. The van der Waals surface area contributed by atoms with Gasteiger partial charge in [-0.15, -0.1) is 0 Å². The molecule has 15 heavy (non-hydrogen) atoms. The minimum Gasteiger partial charge on any atom is -0.308 e. The second-order valence-electron chi connectivity index (χ2n) is 3.87. The van der Waals surface area contributed by atoms with Crippen LogP contribution in [0, 0.1) is 0 Å². The van der Waals surface area contributed by atoms with Crippen molar-refractivity contribution in [2.24, 2.45) is 0 Å². The van der Waals surface area contributed by atoms with E-state index in [1.165, 1.54) is 12.1 Å². The van der Waals surface area contributed by atoms with Gasteiger partial charge in [-0.3, -0.25) is 0 Å². The first-order chi connectivity index (χ1) is 7.08. The van der Waals surface area contributed by atoms with Crippen LogP contribution in [0.1, 0.15) is 18.4 Å². The summed E-state index contributed by atoms with van der Waals surface area (Å²) in [6.07, 6.45) is 2.05. The van der Waals surface area contributed by atoms with Crippen molar-refractivity contribution in [2.45, 2.75) is 24.8 Å². The van der Waals surface area contributed by atoms with Crippen LogP contribution in [-0.4, -0.2) is 12.6 Å². The van der Waals surface area contributed by atoms with Crippen LogP contribution < -0.4 is 5.32 Å². The molecule has 1 aromatic carbocycles. The highest BCUT2D eigenvalue weighted by Crippen LogP contribution is 2.29. The van der Waals surface area contributed by atoms with Crippen LogP contribution in [-0.2, 0) is 5.92 Å². The average Bonchev–Trinajstić information content (AvgIpc) is 2.99. The molecule has 1 aliphatic carbocycles. The molecule has 0 heterocycles. The summed E-state index contributed by atoms with van der Waals surface area (Å²) in [6, 6.07) is 6.50. The highest BCUT2D eigenvalue weighted by Gasteiger charge is 2.33.